The first-order valence-electron chi connectivity index (χ1n) is 14.2. The van der Waals surface area contributed by atoms with Crippen LogP contribution < -0.4 is 4.74 Å². The Bertz CT molecular complexity index is 1600. The Morgan fingerprint density at radius 1 is 0.522 bits per heavy atom. The Kier molecular flexibility index (Phi) is 13.5. The number of carbonyl (C=O) groups is 3. The third kappa shape index (κ3) is 15.4. The summed E-state index contributed by atoms with van der Waals surface area (Å²) < 4.78 is 26.1. The molecule has 4 rings (SSSR count). The standard InChI is InChI=1S/C15H15BrO3.C10H7BrO.C10H18O5/c1-15(2,3)19-14(17)18-13-7-5-10-8-12(16)6-4-11(10)9-13;11-9-3-1-8-6-10(12)4-2-7(8)5-9;1-9(2,3)14-7(11)13-8(12)15-10(4,5)6/h4-9H,1-3H3;1-6,12H;1-6H3. The average molecular weight is 765 g/mol. The van der Waals surface area contributed by atoms with E-state index in [4.69, 9.17) is 18.9 Å². The van der Waals surface area contributed by atoms with Gasteiger partial charge in [-0.15, -0.1) is 0 Å². The van der Waals surface area contributed by atoms with E-state index in [9.17, 15) is 19.5 Å². The predicted molar refractivity (Wildman–Crippen MR) is 185 cm³/mol. The van der Waals surface area contributed by atoms with E-state index in [1.54, 1.807) is 80.5 Å². The van der Waals surface area contributed by atoms with E-state index in [0.717, 1.165) is 30.5 Å². The summed E-state index contributed by atoms with van der Waals surface area (Å²) in [5, 5.41) is 13.4. The van der Waals surface area contributed by atoms with Gasteiger partial charge >= 0.3 is 18.5 Å². The zero-order valence-corrected chi connectivity index (χ0v) is 30.6. The van der Waals surface area contributed by atoms with Gasteiger partial charge in [0.25, 0.3) is 0 Å². The summed E-state index contributed by atoms with van der Waals surface area (Å²) in [6, 6.07) is 22.7. The van der Waals surface area contributed by atoms with Crippen molar-refractivity contribution in [3.05, 3.63) is 81.7 Å². The van der Waals surface area contributed by atoms with Gasteiger partial charge in [0.1, 0.15) is 28.3 Å². The minimum absolute atomic E-state index is 0.310. The second-order valence-corrected chi connectivity index (χ2v) is 14.8. The van der Waals surface area contributed by atoms with Crippen molar-refractivity contribution in [1.29, 1.82) is 0 Å². The molecule has 0 spiro atoms. The van der Waals surface area contributed by atoms with Gasteiger partial charge in [-0.1, -0.05) is 56.1 Å². The number of benzene rings is 4. The fourth-order valence-electron chi connectivity index (χ4n) is 3.44. The van der Waals surface area contributed by atoms with Gasteiger partial charge in [-0.05, 0) is 132 Å². The van der Waals surface area contributed by atoms with Crippen molar-refractivity contribution in [2.75, 3.05) is 0 Å². The van der Waals surface area contributed by atoms with Gasteiger partial charge < -0.3 is 28.8 Å². The van der Waals surface area contributed by atoms with Crippen LogP contribution in [0, 0.1) is 0 Å². The summed E-state index contributed by atoms with van der Waals surface area (Å²) in [5.41, 5.74) is -1.95. The number of hydrogen-bond donors (Lipinski definition) is 1. The average Bonchev–Trinajstić information content (AvgIpc) is 2.86. The number of ether oxygens (including phenoxy) is 5. The summed E-state index contributed by atoms with van der Waals surface area (Å²) >= 11 is 6.81. The second-order valence-electron chi connectivity index (χ2n) is 12.9. The first-order chi connectivity index (χ1) is 21.1. The lowest BCUT2D eigenvalue weighted by molar-refractivity contribution is -0.0294. The molecule has 0 atom stereocenters. The van der Waals surface area contributed by atoms with Gasteiger partial charge in [-0.3, -0.25) is 0 Å². The molecule has 0 saturated heterocycles. The van der Waals surface area contributed by atoms with Crippen molar-refractivity contribution in [1.82, 2.24) is 0 Å². The predicted octanol–water partition coefficient (Wildman–Crippen LogP) is 11.1. The number of phenols is 1. The number of carbonyl (C=O) groups excluding carboxylic acids is 3. The van der Waals surface area contributed by atoms with Crippen LogP contribution in [0.3, 0.4) is 0 Å². The molecule has 0 aliphatic rings. The van der Waals surface area contributed by atoms with Crippen molar-refractivity contribution in [3.63, 3.8) is 0 Å². The number of hydrogen-bond acceptors (Lipinski definition) is 9. The number of rotatable bonds is 1. The topological polar surface area (TPSA) is 118 Å². The zero-order valence-electron chi connectivity index (χ0n) is 27.4. The van der Waals surface area contributed by atoms with Crippen molar-refractivity contribution in [3.8, 4) is 11.5 Å². The van der Waals surface area contributed by atoms with Gasteiger partial charge in [-0.25, -0.2) is 14.4 Å². The van der Waals surface area contributed by atoms with Gasteiger partial charge in [0, 0.05) is 8.95 Å². The second kappa shape index (κ2) is 16.1. The molecular formula is C35H40Br2O9. The molecule has 0 heterocycles. The van der Waals surface area contributed by atoms with E-state index in [2.05, 4.69) is 36.6 Å². The Labute approximate surface area is 286 Å². The van der Waals surface area contributed by atoms with E-state index in [-0.39, 0.29) is 0 Å². The highest BCUT2D eigenvalue weighted by Gasteiger charge is 2.24. The molecule has 1 N–H and O–H groups in total. The highest BCUT2D eigenvalue weighted by Crippen LogP contribution is 2.25. The summed E-state index contributed by atoms with van der Waals surface area (Å²) in [6.07, 6.45) is -2.81. The van der Waals surface area contributed by atoms with Gasteiger partial charge in [0.15, 0.2) is 0 Å². The molecule has 4 aromatic rings. The summed E-state index contributed by atoms with van der Waals surface area (Å²) in [4.78, 5) is 33.6. The van der Waals surface area contributed by atoms with Crippen LogP contribution in [0.5, 0.6) is 11.5 Å². The molecule has 0 aliphatic carbocycles. The van der Waals surface area contributed by atoms with Crippen LogP contribution >= 0.6 is 31.9 Å². The highest BCUT2D eigenvalue weighted by atomic mass is 79.9. The summed E-state index contributed by atoms with van der Waals surface area (Å²) in [6.45, 7) is 15.4. The van der Waals surface area contributed by atoms with Crippen molar-refractivity contribution >= 4 is 71.9 Å². The Balaban J connectivity index is 0.000000247. The van der Waals surface area contributed by atoms with Crippen LogP contribution in [0.25, 0.3) is 21.5 Å². The maximum absolute atomic E-state index is 11.6. The molecule has 9 nitrogen and oxygen atoms in total. The zero-order chi connectivity index (χ0) is 34.9. The van der Waals surface area contributed by atoms with Crippen molar-refractivity contribution in [2.24, 2.45) is 0 Å². The lowest BCUT2D eigenvalue weighted by Crippen LogP contribution is -2.29. The molecule has 0 aromatic heterocycles. The molecule has 0 fully saturated rings. The quantitative estimate of drug-likeness (QED) is 0.0874. The maximum Gasteiger partial charge on any atom is 0.519 e. The fraction of sp³-hybridized carbons (Fsp3) is 0.343. The molecule has 0 saturated carbocycles. The van der Waals surface area contributed by atoms with Gasteiger partial charge in [0.2, 0.25) is 0 Å². The molecule has 0 bridgehead atoms. The van der Waals surface area contributed by atoms with E-state index in [0.29, 0.717) is 11.5 Å². The Morgan fingerprint density at radius 2 is 0.891 bits per heavy atom. The normalized spacial score (nSPS) is 11.3. The van der Waals surface area contributed by atoms with Crippen LogP contribution in [0.2, 0.25) is 0 Å². The minimum atomic E-state index is -1.06. The number of phenolic OH excluding ortho intramolecular Hbond substituents is 1. The first-order valence-corrected chi connectivity index (χ1v) is 15.8. The van der Waals surface area contributed by atoms with Crippen LogP contribution in [0.4, 0.5) is 14.4 Å². The summed E-state index contributed by atoms with van der Waals surface area (Å²) in [5.74, 6) is 0.786. The lowest BCUT2D eigenvalue weighted by atomic mass is 10.1. The Morgan fingerprint density at radius 3 is 1.35 bits per heavy atom. The number of fused-ring (bicyclic) bond motifs is 2. The smallest absolute Gasteiger partial charge is 0.508 e. The van der Waals surface area contributed by atoms with Crippen molar-refractivity contribution in [2.45, 2.75) is 79.1 Å². The van der Waals surface area contributed by atoms with E-state index >= 15 is 0 Å². The minimum Gasteiger partial charge on any atom is -0.508 e. The molecule has 248 valence electrons. The van der Waals surface area contributed by atoms with E-state index in [1.165, 1.54) is 0 Å². The SMILES string of the molecule is CC(C)(C)OC(=O)OC(=O)OC(C)(C)C.CC(C)(C)OC(=O)Oc1ccc2cc(Br)ccc2c1.Oc1ccc2cc(Br)ccc2c1. The molecule has 4 aromatic carbocycles. The molecule has 46 heavy (non-hydrogen) atoms. The van der Waals surface area contributed by atoms with Crippen molar-refractivity contribution < 1.29 is 43.2 Å². The number of halogens is 2. The van der Waals surface area contributed by atoms with Crippen LogP contribution in [-0.4, -0.2) is 40.4 Å². The summed E-state index contributed by atoms with van der Waals surface area (Å²) in [7, 11) is 0. The first kappa shape index (κ1) is 38.4. The van der Waals surface area contributed by atoms with E-state index < -0.39 is 35.3 Å². The van der Waals surface area contributed by atoms with Crippen LogP contribution in [0.1, 0.15) is 62.3 Å². The molecule has 11 heteroatoms. The molecule has 0 aliphatic heterocycles. The monoisotopic (exact) mass is 762 g/mol. The molecule has 0 amide bonds. The highest BCUT2D eigenvalue weighted by molar-refractivity contribution is 9.10. The van der Waals surface area contributed by atoms with Crippen LogP contribution in [0.15, 0.2) is 81.7 Å². The largest absolute Gasteiger partial charge is 0.519 e. The van der Waals surface area contributed by atoms with Gasteiger partial charge in [-0.2, -0.15) is 0 Å². The molecule has 0 unspecified atom stereocenters. The lowest BCUT2D eigenvalue weighted by Gasteiger charge is -2.20. The molecular weight excluding hydrogens is 724 g/mol. The molecule has 0 radical (unpaired) electrons. The Hall–Kier alpha value is -3.83. The van der Waals surface area contributed by atoms with Gasteiger partial charge in [0.05, 0.1) is 0 Å². The van der Waals surface area contributed by atoms with E-state index in [1.807, 2.05) is 54.6 Å². The number of aromatic hydroxyl groups is 1. The fourth-order valence-corrected chi connectivity index (χ4v) is 4.20. The van der Waals surface area contributed by atoms with Crippen LogP contribution in [-0.2, 0) is 18.9 Å². The third-order valence-corrected chi connectivity index (χ3v) is 6.08. The maximum atomic E-state index is 11.6. The third-order valence-electron chi connectivity index (χ3n) is 5.10.